The fourth-order valence-corrected chi connectivity index (χ4v) is 3.30. The minimum absolute atomic E-state index is 0.0164. The molecule has 3 rings (SSSR count). The summed E-state index contributed by atoms with van der Waals surface area (Å²) in [6, 6.07) is 7.87. The van der Waals surface area contributed by atoms with E-state index in [4.69, 9.17) is 4.52 Å². The van der Waals surface area contributed by atoms with Crippen molar-refractivity contribution in [3.8, 4) is 5.69 Å². The van der Waals surface area contributed by atoms with Gasteiger partial charge in [0.2, 0.25) is 17.5 Å². The summed E-state index contributed by atoms with van der Waals surface area (Å²) in [6.45, 7) is 4.35. The van der Waals surface area contributed by atoms with Gasteiger partial charge >= 0.3 is 0 Å². The number of likely N-dealkylation sites (N-methyl/N-ethyl adjacent to an activating group) is 1. The Hall–Kier alpha value is -2.75. The molecule has 0 spiro atoms. The predicted molar refractivity (Wildman–Crippen MR) is 94.8 cm³/mol. The molecule has 0 aliphatic rings. The molecule has 2 heterocycles. The van der Waals surface area contributed by atoms with Gasteiger partial charge in [0.1, 0.15) is 0 Å². The number of thioether (sulfide) groups is 1. The number of aromatic nitrogens is 6. The molecule has 0 radical (unpaired) electrons. The Morgan fingerprint density at radius 1 is 1.42 bits per heavy atom. The van der Waals surface area contributed by atoms with Crippen molar-refractivity contribution >= 4 is 17.7 Å². The molecule has 3 aromatic rings. The standard InChI is InChI=1S/C16H19N7O2S/c1-11-5-4-6-13(9-11)23-16(18-20-21-23)26-12(2)15(24)22(3)8-7-14-17-10-25-19-14/h4-6,9-10,12H,7-8H2,1-3H3. The third-order valence-corrected chi connectivity index (χ3v) is 4.79. The number of aryl methyl sites for hydroxylation is 1. The largest absolute Gasteiger partial charge is 0.344 e. The van der Waals surface area contributed by atoms with Gasteiger partial charge in [0.25, 0.3) is 0 Å². The van der Waals surface area contributed by atoms with E-state index in [0.717, 1.165) is 11.3 Å². The van der Waals surface area contributed by atoms with E-state index < -0.39 is 0 Å². The highest BCUT2D eigenvalue weighted by Gasteiger charge is 2.22. The second kappa shape index (κ2) is 8.09. The molecule has 0 fully saturated rings. The number of amides is 1. The number of benzene rings is 1. The minimum Gasteiger partial charge on any atom is -0.344 e. The first-order chi connectivity index (χ1) is 12.5. The monoisotopic (exact) mass is 373 g/mol. The molecule has 1 amide bonds. The van der Waals surface area contributed by atoms with Gasteiger partial charge in [-0.2, -0.15) is 9.67 Å². The molecule has 0 bridgehead atoms. The zero-order valence-corrected chi connectivity index (χ0v) is 15.6. The van der Waals surface area contributed by atoms with Gasteiger partial charge in [0.15, 0.2) is 5.82 Å². The predicted octanol–water partition coefficient (Wildman–Crippen LogP) is 1.54. The molecule has 0 aliphatic heterocycles. The van der Waals surface area contributed by atoms with E-state index in [0.29, 0.717) is 23.9 Å². The van der Waals surface area contributed by atoms with Crippen molar-refractivity contribution in [3.63, 3.8) is 0 Å². The maximum atomic E-state index is 12.6. The summed E-state index contributed by atoms with van der Waals surface area (Å²) in [4.78, 5) is 18.2. The zero-order valence-electron chi connectivity index (χ0n) is 14.7. The van der Waals surface area contributed by atoms with E-state index in [2.05, 4.69) is 25.7 Å². The van der Waals surface area contributed by atoms with Gasteiger partial charge in [-0.15, -0.1) is 5.10 Å². The lowest BCUT2D eigenvalue weighted by Gasteiger charge is -2.20. The summed E-state index contributed by atoms with van der Waals surface area (Å²) in [5.41, 5.74) is 1.97. The van der Waals surface area contributed by atoms with Gasteiger partial charge in [-0.25, -0.2) is 0 Å². The molecule has 26 heavy (non-hydrogen) atoms. The van der Waals surface area contributed by atoms with Crippen molar-refractivity contribution in [2.45, 2.75) is 30.7 Å². The van der Waals surface area contributed by atoms with E-state index in [1.165, 1.54) is 18.2 Å². The van der Waals surface area contributed by atoms with Crippen LogP contribution >= 0.6 is 11.8 Å². The molecule has 10 heteroatoms. The number of rotatable bonds is 7. The van der Waals surface area contributed by atoms with Crippen molar-refractivity contribution < 1.29 is 9.32 Å². The topological polar surface area (TPSA) is 103 Å². The van der Waals surface area contributed by atoms with Gasteiger partial charge in [-0.05, 0) is 42.0 Å². The molecular weight excluding hydrogens is 354 g/mol. The van der Waals surface area contributed by atoms with E-state index in [9.17, 15) is 4.79 Å². The molecule has 0 saturated carbocycles. The van der Waals surface area contributed by atoms with Crippen molar-refractivity contribution in [2.75, 3.05) is 13.6 Å². The van der Waals surface area contributed by atoms with Gasteiger partial charge in [0, 0.05) is 20.0 Å². The summed E-state index contributed by atoms with van der Waals surface area (Å²) in [5, 5.41) is 15.8. The summed E-state index contributed by atoms with van der Waals surface area (Å²) in [7, 11) is 1.75. The van der Waals surface area contributed by atoms with Crippen LogP contribution in [-0.2, 0) is 11.2 Å². The lowest BCUT2D eigenvalue weighted by atomic mass is 10.2. The Balaban J connectivity index is 1.63. The van der Waals surface area contributed by atoms with Crippen LogP contribution in [0.25, 0.3) is 5.69 Å². The first-order valence-corrected chi connectivity index (χ1v) is 8.95. The summed E-state index contributed by atoms with van der Waals surface area (Å²) in [5.74, 6) is 0.561. The molecular formula is C16H19N7O2S. The Bertz CT molecular complexity index is 865. The third kappa shape index (κ3) is 4.26. The fraction of sp³-hybridized carbons (Fsp3) is 0.375. The SMILES string of the molecule is Cc1cccc(-n2nnnc2SC(C)C(=O)N(C)CCc2ncon2)c1. The maximum Gasteiger partial charge on any atom is 0.235 e. The number of nitrogens with zero attached hydrogens (tertiary/aromatic N) is 7. The smallest absolute Gasteiger partial charge is 0.235 e. The Labute approximate surface area is 154 Å². The molecule has 136 valence electrons. The quantitative estimate of drug-likeness (QED) is 0.575. The van der Waals surface area contributed by atoms with Crippen LogP contribution in [0.1, 0.15) is 18.3 Å². The molecule has 1 unspecified atom stereocenters. The fourth-order valence-electron chi connectivity index (χ4n) is 2.37. The molecule has 1 atom stereocenters. The first-order valence-electron chi connectivity index (χ1n) is 8.07. The lowest BCUT2D eigenvalue weighted by molar-refractivity contribution is -0.129. The highest BCUT2D eigenvalue weighted by molar-refractivity contribution is 8.00. The van der Waals surface area contributed by atoms with Crippen LogP contribution in [0.3, 0.4) is 0 Å². The van der Waals surface area contributed by atoms with Gasteiger partial charge in [-0.1, -0.05) is 29.1 Å². The molecule has 2 aromatic heterocycles. The van der Waals surface area contributed by atoms with Crippen LogP contribution < -0.4 is 0 Å². The van der Waals surface area contributed by atoms with E-state index in [-0.39, 0.29) is 11.2 Å². The third-order valence-electron chi connectivity index (χ3n) is 3.77. The summed E-state index contributed by atoms with van der Waals surface area (Å²) >= 11 is 1.32. The number of tetrazole rings is 1. The summed E-state index contributed by atoms with van der Waals surface area (Å²) < 4.78 is 6.33. The molecule has 0 N–H and O–H groups in total. The molecule has 0 saturated heterocycles. The average Bonchev–Trinajstić information content (AvgIpc) is 3.30. The number of hydrogen-bond acceptors (Lipinski definition) is 8. The molecule has 1 aromatic carbocycles. The number of hydrogen-bond donors (Lipinski definition) is 0. The maximum absolute atomic E-state index is 12.6. The van der Waals surface area contributed by atoms with E-state index >= 15 is 0 Å². The van der Waals surface area contributed by atoms with Crippen LogP contribution in [0.5, 0.6) is 0 Å². The van der Waals surface area contributed by atoms with E-state index in [1.54, 1.807) is 16.6 Å². The van der Waals surface area contributed by atoms with Crippen LogP contribution in [0.2, 0.25) is 0 Å². The van der Waals surface area contributed by atoms with Gasteiger partial charge in [-0.3, -0.25) is 4.79 Å². The van der Waals surface area contributed by atoms with Crippen molar-refractivity contribution in [1.29, 1.82) is 0 Å². The average molecular weight is 373 g/mol. The zero-order chi connectivity index (χ0) is 18.5. The van der Waals surface area contributed by atoms with E-state index in [1.807, 2.05) is 38.1 Å². The Morgan fingerprint density at radius 2 is 2.27 bits per heavy atom. The molecule has 9 nitrogen and oxygen atoms in total. The normalized spacial score (nSPS) is 12.1. The highest BCUT2D eigenvalue weighted by Crippen LogP contribution is 2.24. The van der Waals surface area contributed by atoms with Crippen LogP contribution in [0, 0.1) is 6.92 Å². The highest BCUT2D eigenvalue weighted by atomic mass is 32.2. The van der Waals surface area contributed by atoms with Crippen molar-refractivity contribution in [3.05, 3.63) is 42.0 Å². The first kappa shape index (κ1) is 18.1. The molecule has 0 aliphatic carbocycles. The second-order valence-electron chi connectivity index (χ2n) is 5.83. The van der Waals surface area contributed by atoms with Crippen molar-refractivity contribution in [2.24, 2.45) is 0 Å². The Kier molecular flexibility index (Phi) is 5.61. The lowest BCUT2D eigenvalue weighted by Crippen LogP contribution is -2.35. The van der Waals surface area contributed by atoms with Crippen LogP contribution in [0.4, 0.5) is 0 Å². The van der Waals surface area contributed by atoms with Crippen LogP contribution in [0.15, 0.2) is 40.3 Å². The number of carbonyl (C=O) groups excluding carboxylic acids is 1. The van der Waals surface area contributed by atoms with Crippen LogP contribution in [-0.4, -0.2) is 60.0 Å². The van der Waals surface area contributed by atoms with Crippen molar-refractivity contribution in [1.82, 2.24) is 35.2 Å². The second-order valence-corrected chi connectivity index (χ2v) is 7.14. The minimum atomic E-state index is -0.333. The van der Waals surface area contributed by atoms with Gasteiger partial charge in [0.05, 0.1) is 10.9 Å². The summed E-state index contributed by atoms with van der Waals surface area (Å²) in [6.07, 6.45) is 1.82. The van der Waals surface area contributed by atoms with Gasteiger partial charge < -0.3 is 9.42 Å². The Morgan fingerprint density at radius 3 is 3.00 bits per heavy atom. The number of carbonyl (C=O) groups is 1.